The van der Waals surface area contributed by atoms with E-state index in [-0.39, 0.29) is 5.56 Å². The van der Waals surface area contributed by atoms with Gasteiger partial charge in [-0.15, -0.1) is 0 Å². The van der Waals surface area contributed by atoms with Gasteiger partial charge in [0.05, 0.1) is 11.9 Å². The van der Waals surface area contributed by atoms with Crippen molar-refractivity contribution < 1.29 is 0 Å². The van der Waals surface area contributed by atoms with Crippen LogP contribution in [0.4, 0.5) is 5.69 Å². The van der Waals surface area contributed by atoms with Gasteiger partial charge in [-0.1, -0.05) is 48.5 Å². The fourth-order valence-electron chi connectivity index (χ4n) is 3.20. The normalized spacial score (nSPS) is 13.2. The summed E-state index contributed by atoms with van der Waals surface area (Å²) in [7, 11) is 1.66. The minimum absolute atomic E-state index is 0.127. The molecule has 0 unspecified atom stereocenters. The zero-order valence-electron chi connectivity index (χ0n) is 13.2. The summed E-state index contributed by atoms with van der Waals surface area (Å²) in [5, 5.41) is 4.19. The second kappa shape index (κ2) is 5.91. The van der Waals surface area contributed by atoms with Crippen LogP contribution in [-0.2, 0) is 20.1 Å². The summed E-state index contributed by atoms with van der Waals surface area (Å²) in [6.45, 7) is 1.47. The molecule has 3 aromatic rings. The molecule has 0 saturated carbocycles. The van der Waals surface area contributed by atoms with Crippen LogP contribution in [0.1, 0.15) is 11.1 Å². The Kier molecular flexibility index (Phi) is 3.73. The fourth-order valence-corrected chi connectivity index (χ4v) is 3.81. The Balaban J connectivity index is 1.90. The Morgan fingerprint density at radius 2 is 1.50 bits per heavy atom. The number of benzene rings is 2. The van der Waals surface area contributed by atoms with E-state index in [4.69, 9.17) is 0 Å². The van der Waals surface area contributed by atoms with E-state index < -0.39 is 0 Å². The lowest BCUT2D eigenvalue weighted by molar-refractivity contribution is 0.691. The first-order valence-corrected chi connectivity index (χ1v) is 8.57. The number of hydrogen-bond donors (Lipinski definition) is 0. The molecule has 0 aliphatic carbocycles. The fraction of sp³-hybridized carbons (Fsp3) is 0.158. The van der Waals surface area contributed by atoms with Crippen molar-refractivity contribution in [3.63, 3.8) is 0 Å². The first-order valence-electron chi connectivity index (χ1n) is 7.78. The van der Waals surface area contributed by atoms with Gasteiger partial charge in [-0.3, -0.25) is 4.79 Å². The molecule has 1 aromatic heterocycles. The summed E-state index contributed by atoms with van der Waals surface area (Å²) < 4.78 is 1.89. The van der Waals surface area contributed by atoms with E-state index in [1.807, 2.05) is 0 Å². The van der Waals surface area contributed by atoms with E-state index >= 15 is 0 Å². The highest BCUT2D eigenvalue weighted by atomic mass is 79.9. The van der Waals surface area contributed by atoms with Gasteiger partial charge < -0.3 is 4.90 Å². The maximum Gasteiger partial charge on any atom is 0.282 e. The molecule has 120 valence electrons. The number of fused-ring (bicyclic) bond motifs is 3. The number of hydrogen-bond acceptors (Lipinski definition) is 3. The molecule has 0 radical (unpaired) electrons. The SMILES string of the molecule is Cn1ncc(N2Cc3ccccc3-c3ccccc3C2)c(Br)c1=O. The maximum absolute atomic E-state index is 12.2. The molecular formula is C19H16BrN3O. The molecule has 0 saturated heterocycles. The van der Waals surface area contributed by atoms with Crippen molar-refractivity contribution >= 4 is 21.6 Å². The second-order valence-electron chi connectivity index (χ2n) is 5.94. The highest BCUT2D eigenvalue weighted by Crippen LogP contribution is 2.35. The molecule has 0 atom stereocenters. The first kappa shape index (κ1) is 15.1. The van der Waals surface area contributed by atoms with Gasteiger partial charge in [-0.25, -0.2) is 4.68 Å². The van der Waals surface area contributed by atoms with Gasteiger partial charge in [0.25, 0.3) is 5.56 Å². The molecule has 1 aliphatic rings. The second-order valence-corrected chi connectivity index (χ2v) is 6.74. The van der Waals surface area contributed by atoms with Crippen LogP contribution in [0.25, 0.3) is 11.1 Å². The summed E-state index contributed by atoms with van der Waals surface area (Å²) in [6, 6.07) is 16.9. The van der Waals surface area contributed by atoms with Crippen LogP contribution in [0.5, 0.6) is 0 Å². The van der Waals surface area contributed by atoms with Crippen molar-refractivity contribution in [1.82, 2.24) is 9.78 Å². The van der Waals surface area contributed by atoms with Crippen molar-refractivity contribution in [2.75, 3.05) is 4.90 Å². The van der Waals surface area contributed by atoms with Crippen molar-refractivity contribution in [2.45, 2.75) is 13.1 Å². The topological polar surface area (TPSA) is 38.1 Å². The monoisotopic (exact) mass is 381 g/mol. The molecule has 4 nitrogen and oxygen atoms in total. The third-order valence-electron chi connectivity index (χ3n) is 4.45. The van der Waals surface area contributed by atoms with Crippen LogP contribution in [0, 0.1) is 0 Å². The number of rotatable bonds is 1. The van der Waals surface area contributed by atoms with Crippen LogP contribution >= 0.6 is 15.9 Å². The number of aryl methyl sites for hydroxylation is 1. The quantitative estimate of drug-likeness (QED) is 0.644. The number of nitrogens with zero attached hydrogens (tertiary/aromatic N) is 3. The van der Waals surface area contributed by atoms with Gasteiger partial charge in [0.2, 0.25) is 0 Å². The lowest BCUT2D eigenvalue weighted by Gasteiger charge is -2.24. The van der Waals surface area contributed by atoms with Crippen molar-refractivity contribution in [3.8, 4) is 11.1 Å². The van der Waals surface area contributed by atoms with E-state index in [1.54, 1.807) is 13.2 Å². The lowest BCUT2D eigenvalue weighted by Crippen LogP contribution is -2.27. The van der Waals surface area contributed by atoms with Crippen molar-refractivity contribution in [1.29, 1.82) is 0 Å². The molecule has 0 bridgehead atoms. The molecule has 0 amide bonds. The Labute approximate surface area is 148 Å². The molecule has 0 N–H and O–H groups in total. The highest BCUT2D eigenvalue weighted by Gasteiger charge is 2.21. The van der Waals surface area contributed by atoms with E-state index in [0.717, 1.165) is 18.8 Å². The zero-order chi connectivity index (χ0) is 16.7. The average molecular weight is 382 g/mol. The van der Waals surface area contributed by atoms with Crippen LogP contribution in [0.2, 0.25) is 0 Å². The smallest absolute Gasteiger partial charge is 0.282 e. The highest BCUT2D eigenvalue weighted by molar-refractivity contribution is 9.10. The summed E-state index contributed by atoms with van der Waals surface area (Å²) >= 11 is 3.46. The molecule has 4 rings (SSSR count). The Morgan fingerprint density at radius 1 is 0.958 bits per heavy atom. The Hall–Kier alpha value is -2.40. The zero-order valence-corrected chi connectivity index (χ0v) is 14.8. The summed E-state index contributed by atoms with van der Waals surface area (Å²) in [4.78, 5) is 14.4. The average Bonchev–Trinajstić information content (AvgIpc) is 2.76. The Morgan fingerprint density at radius 3 is 2.08 bits per heavy atom. The molecule has 2 aromatic carbocycles. The van der Waals surface area contributed by atoms with E-state index in [1.165, 1.54) is 26.9 Å². The van der Waals surface area contributed by atoms with Crippen LogP contribution in [0.3, 0.4) is 0 Å². The van der Waals surface area contributed by atoms with Crippen molar-refractivity contribution in [2.24, 2.45) is 7.05 Å². The third kappa shape index (κ3) is 2.45. The standard InChI is InChI=1S/C19H16BrN3O/c1-22-19(24)18(20)17(10-21-22)23-11-13-6-2-4-8-15(13)16-9-5-3-7-14(16)12-23/h2-10H,11-12H2,1H3. The van der Waals surface area contributed by atoms with Crippen LogP contribution in [-0.4, -0.2) is 9.78 Å². The molecule has 24 heavy (non-hydrogen) atoms. The molecular weight excluding hydrogens is 366 g/mol. The molecule has 0 fully saturated rings. The lowest BCUT2D eigenvalue weighted by atomic mass is 9.97. The summed E-state index contributed by atoms with van der Waals surface area (Å²) in [6.07, 6.45) is 1.75. The summed E-state index contributed by atoms with van der Waals surface area (Å²) in [5.74, 6) is 0. The predicted molar refractivity (Wildman–Crippen MR) is 98.9 cm³/mol. The van der Waals surface area contributed by atoms with E-state index in [0.29, 0.717) is 4.47 Å². The molecule has 2 heterocycles. The largest absolute Gasteiger partial charge is 0.360 e. The first-order chi connectivity index (χ1) is 11.6. The molecule has 0 spiro atoms. The number of anilines is 1. The predicted octanol–water partition coefficient (Wildman–Crippen LogP) is 3.73. The minimum Gasteiger partial charge on any atom is -0.360 e. The van der Waals surface area contributed by atoms with Crippen LogP contribution < -0.4 is 10.5 Å². The van der Waals surface area contributed by atoms with Gasteiger partial charge in [-0.2, -0.15) is 5.10 Å². The van der Waals surface area contributed by atoms with Gasteiger partial charge in [0.15, 0.2) is 0 Å². The van der Waals surface area contributed by atoms with Crippen molar-refractivity contribution in [3.05, 3.63) is 80.7 Å². The Bertz CT molecular complexity index is 933. The van der Waals surface area contributed by atoms with Gasteiger partial charge in [-0.05, 0) is 38.2 Å². The number of aromatic nitrogens is 2. The van der Waals surface area contributed by atoms with Crippen LogP contribution in [0.15, 0.2) is 64.0 Å². The van der Waals surface area contributed by atoms with Gasteiger partial charge in [0, 0.05) is 20.1 Å². The van der Waals surface area contributed by atoms with E-state index in [2.05, 4.69) is 74.5 Å². The summed E-state index contributed by atoms with van der Waals surface area (Å²) in [5.41, 5.74) is 5.69. The maximum atomic E-state index is 12.2. The minimum atomic E-state index is -0.127. The van der Waals surface area contributed by atoms with Gasteiger partial charge in [0.1, 0.15) is 4.47 Å². The molecule has 5 heteroatoms. The molecule has 1 aliphatic heterocycles. The third-order valence-corrected chi connectivity index (χ3v) is 5.19. The van der Waals surface area contributed by atoms with Gasteiger partial charge >= 0.3 is 0 Å². The number of halogens is 1. The van der Waals surface area contributed by atoms with E-state index in [9.17, 15) is 4.79 Å².